The Kier molecular flexibility index (Phi) is 4.51. The standard InChI is InChI=1S/C20H22FN3O/c1-2-23-9-11-24(12-10-23)14-15-7-8-19-18(13-15)22-20(25-19)16-5-3-4-6-17(16)21/h3-8,13H,2,9-12,14H2,1H3. The van der Waals surface area contributed by atoms with E-state index in [4.69, 9.17) is 4.42 Å². The molecule has 0 atom stereocenters. The number of hydrogen-bond acceptors (Lipinski definition) is 4. The number of likely N-dealkylation sites (N-methyl/N-ethyl adjacent to an activating group) is 1. The zero-order valence-corrected chi connectivity index (χ0v) is 14.4. The Bertz CT molecular complexity index is 868. The van der Waals surface area contributed by atoms with Crippen LogP contribution >= 0.6 is 0 Å². The number of nitrogens with zero attached hydrogens (tertiary/aromatic N) is 3. The van der Waals surface area contributed by atoms with Gasteiger partial charge in [-0.25, -0.2) is 9.37 Å². The van der Waals surface area contributed by atoms with Crippen LogP contribution in [-0.2, 0) is 6.54 Å². The molecule has 0 amide bonds. The van der Waals surface area contributed by atoms with Crippen LogP contribution in [-0.4, -0.2) is 47.5 Å². The third-order valence-electron chi connectivity index (χ3n) is 4.87. The minimum Gasteiger partial charge on any atom is -0.436 e. The number of piperazine rings is 1. The second-order valence-corrected chi connectivity index (χ2v) is 6.51. The number of benzene rings is 2. The summed E-state index contributed by atoms with van der Waals surface area (Å²) in [6.07, 6.45) is 0. The summed E-state index contributed by atoms with van der Waals surface area (Å²) >= 11 is 0. The second-order valence-electron chi connectivity index (χ2n) is 6.51. The average molecular weight is 339 g/mol. The summed E-state index contributed by atoms with van der Waals surface area (Å²) in [4.78, 5) is 9.42. The van der Waals surface area contributed by atoms with Gasteiger partial charge in [-0.05, 0) is 36.4 Å². The summed E-state index contributed by atoms with van der Waals surface area (Å²) < 4.78 is 19.7. The fraction of sp³-hybridized carbons (Fsp3) is 0.350. The van der Waals surface area contributed by atoms with Crippen molar-refractivity contribution in [1.29, 1.82) is 0 Å². The first kappa shape index (κ1) is 16.2. The molecule has 0 radical (unpaired) electrons. The third kappa shape index (κ3) is 3.43. The number of fused-ring (bicyclic) bond motifs is 1. The molecule has 1 aromatic heterocycles. The van der Waals surface area contributed by atoms with Crippen molar-refractivity contribution in [3.8, 4) is 11.5 Å². The van der Waals surface area contributed by atoms with Gasteiger partial charge < -0.3 is 9.32 Å². The molecule has 1 aliphatic heterocycles. The topological polar surface area (TPSA) is 32.5 Å². The fourth-order valence-electron chi connectivity index (χ4n) is 3.34. The van der Waals surface area contributed by atoms with Crippen molar-refractivity contribution in [3.05, 3.63) is 53.8 Å². The van der Waals surface area contributed by atoms with Gasteiger partial charge in [-0.2, -0.15) is 0 Å². The molecule has 5 heteroatoms. The Hall–Kier alpha value is -2.24. The lowest BCUT2D eigenvalue weighted by atomic mass is 10.2. The fourth-order valence-corrected chi connectivity index (χ4v) is 3.34. The molecule has 3 aromatic rings. The maximum atomic E-state index is 13.9. The molecule has 0 unspecified atom stereocenters. The van der Waals surface area contributed by atoms with Gasteiger partial charge >= 0.3 is 0 Å². The van der Waals surface area contributed by atoms with Crippen LogP contribution in [0.3, 0.4) is 0 Å². The summed E-state index contributed by atoms with van der Waals surface area (Å²) in [5, 5.41) is 0. The van der Waals surface area contributed by atoms with Gasteiger partial charge in [0.15, 0.2) is 5.58 Å². The first-order chi connectivity index (χ1) is 12.2. The smallest absolute Gasteiger partial charge is 0.230 e. The minimum atomic E-state index is -0.317. The number of hydrogen-bond donors (Lipinski definition) is 0. The van der Waals surface area contributed by atoms with Gasteiger partial charge in [0.05, 0.1) is 5.56 Å². The minimum absolute atomic E-state index is 0.317. The van der Waals surface area contributed by atoms with Crippen molar-refractivity contribution in [2.24, 2.45) is 0 Å². The molecular weight excluding hydrogens is 317 g/mol. The number of halogens is 1. The number of rotatable bonds is 4. The van der Waals surface area contributed by atoms with Gasteiger partial charge in [0, 0.05) is 32.7 Å². The molecule has 0 saturated carbocycles. The monoisotopic (exact) mass is 339 g/mol. The molecule has 4 nitrogen and oxygen atoms in total. The lowest BCUT2D eigenvalue weighted by Crippen LogP contribution is -2.45. The molecule has 1 fully saturated rings. The van der Waals surface area contributed by atoms with Crippen molar-refractivity contribution in [3.63, 3.8) is 0 Å². The van der Waals surface area contributed by atoms with E-state index in [1.807, 2.05) is 6.07 Å². The van der Waals surface area contributed by atoms with Crippen LogP contribution in [0.15, 0.2) is 46.9 Å². The van der Waals surface area contributed by atoms with Gasteiger partial charge in [-0.15, -0.1) is 0 Å². The molecular formula is C20H22FN3O. The summed E-state index contributed by atoms with van der Waals surface area (Å²) in [5.41, 5.74) is 3.09. The van der Waals surface area contributed by atoms with E-state index in [2.05, 4.69) is 33.8 Å². The SMILES string of the molecule is CCN1CCN(Cc2ccc3oc(-c4ccccc4F)nc3c2)CC1. The van der Waals surface area contributed by atoms with E-state index in [1.165, 1.54) is 11.6 Å². The van der Waals surface area contributed by atoms with E-state index < -0.39 is 0 Å². The Morgan fingerprint density at radius 2 is 1.80 bits per heavy atom. The highest BCUT2D eigenvalue weighted by atomic mass is 19.1. The van der Waals surface area contributed by atoms with Gasteiger partial charge in [0.25, 0.3) is 0 Å². The molecule has 130 valence electrons. The van der Waals surface area contributed by atoms with Gasteiger partial charge in [0.2, 0.25) is 5.89 Å². The largest absolute Gasteiger partial charge is 0.436 e. The summed E-state index contributed by atoms with van der Waals surface area (Å²) in [5.74, 6) is 0.0184. The molecule has 1 saturated heterocycles. The van der Waals surface area contributed by atoms with Crippen LogP contribution in [0.1, 0.15) is 12.5 Å². The Morgan fingerprint density at radius 1 is 1.04 bits per heavy atom. The molecule has 0 spiro atoms. The Morgan fingerprint density at radius 3 is 2.56 bits per heavy atom. The first-order valence-corrected chi connectivity index (χ1v) is 8.82. The van der Waals surface area contributed by atoms with Crippen LogP contribution in [0, 0.1) is 5.82 Å². The zero-order chi connectivity index (χ0) is 17.2. The molecule has 4 rings (SSSR count). The summed E-state index contributed by atoms with van der Waals surface area (Å²) in [6.45, 7) is 8.67. The van der Waals surface area contributed by atoms with E-state index in [1.54, 1.807) is 18.2 Å². The lowest BCUT2D eigenvalue weighted by molar-refractivity contribution is 0.132. The highest BCUT2D eigenvalue weighted by molar-refractivity contribution is 5.77. The molecule has 1 aliphatic rings. The van der Waals surface area contributed by atoms with Gasteiger partial charge in [-0.3, -0.25) is 4.90 Å². The predicted molar refractivity (Wildman–Crippen MR) is 96.8 cm³/mol. The van der Waals surface area contributed by atoms with Gasteiger partial charge in [-0.1, -0.05) is 25.1 Å². The normalized spacial score (nSPS) is 16.6. The van der Waals surface area contributed by atoms with Crippen molar-refractivity contribution in [2.45, 2.75) is 13.5 Å². The van der Waals surface area contributed by atoms with E-state index >= 15 is 0 Å². The zero-order valence-electron chi connectivity index (χ0n) is 14.4. The van der Waals surface area contributed by atoms with Crippen LogP contribution in [0.5, 0.6) is 0 Å². The van der Waals surface area contributed by atoms with Crippen molar-refractivity contribution >= 4 is 11.1 Å². The maximum Gasteiger partial charge on any atom is 0.230 e. The van der Waals surface area contributed by atoms with Gasteiger partial charge in [0.1, 0.15) is 11.3 Å². The van der Waals surface area contributed by atoms with Crippen LogP contribution in [0.2, 0.25) is 0 Å². The second kappa shape index (κ2) is 6.94. The number of oxazole rings is 1. The van der Waals surface area contributed by atoms with Crippen molar-refractivity contribution < 1.29 is 8.81 Å². The highest BCUT2D eigenvalue weighted by Crippen LogP contribution is 2.27. The maximum absolute atomic E-state index is 13.9. The Labute approximate surface area is 146 Å². The molecule has 25 heavy (non-hydrogen) atoms. The van der Waals surface area contributed by atoms with Crippen LogP contribution in [0.4, 0.5) is 4.39 Å². The van der Waals surface area contributed by atoms with Crippen molar-refractivity contribution in [2.75, 3.05) is 32.7 Å². The molecule has 2 aromatic carbocycles. The predicted octanol–water partition coefficient (Wildman–Crippen LogP) is 3.77. The third-order valence-corrected chi connectivity index (χ3v) is 4.87. The van der Waals surface area contributed by atoms with Crippen LogP contribution in [0.25, 0.3) is 22.6 Å². The molecule has 0 bridgehead atoms. The Balaban J connectivity index is 1.54. The van der Waals surface area contributed by atoms with E-state index in [0.29, 0.717) is 17.0 Å². The molecule has 0 N–H and O–H groups in total. The molecule has 2 heterocycles. The van der Waals surface area contributed by atoms with Crippen LogP contribution < -0.4 is 0 Å². The number of aromatic nitrogens is 1. The highest BCUT2D eigenvalue weighted by Gasteiger charge is 2.17. The lowest BCUT2D eigenvalue weighted by Gasteiger charge is -2.34. The summed E-state index contributed by atoms with van der Waals surface area (Å²) in [7, 11) is 0. The van der Waals surface area contributed by atoms with E-state index in [9.17, 15) is 4.39 Å². The van der Waals surface area contributed by atoms with E-state index in [0.717, 1.165) is 44.8 Å². The summed E-state index contributed by atoms with van der Waals surface area (Å²) in [6, 6.07) is 12.6. The molecule has 0 aliphatic carbocycles. The average Bonchev–Trinajstić information content (AvgIpc) is 3.06. The van der Waals surface area contributed by atoms with E-state index in [-0.39, 0.29) is 5.82 Å². The first-order valence-electron chi connectivity index (χ1n) is 8.82. The quantitative estimate of drug-likeness (QED) is 0.724. The van der Waals surface area contributed by atoms with Crippen molar-refractivity contribution in [1.82, 2.24) is 14.8 Å².